The lowest BCUT2D eigenvalue weighted by Crippen LogP contribution is -1.97. The smallest absolute Gasteiger partial charge is 0.335 e. The van der Waals surface area contributed by atoms with Crippen LogP contribution in [0.4, 0.5) is 5.69 Å². The van der Waals surface area contributed by atoms with Gasteiger partial charge in [0.2, 0.25) is 0 Å². The van der Waals surface area contributed by atoms with Gasteiger partial charge in [0, 0.05) is 6.21 Å². The summed E-state index contributed by atoms with van der Waals surface area (Å²) in [5, 5.41) is 8.93. The van der Waals surface area contributed by atoms with Crippen LogP contribution in [0.25, 0.3) is 0 Å². The Morgan fingerprint density at radius 3 is 2.41 bits per heavy atom. The van der Waals surface area contributed by atoms with Crippen LogP contribution in [0.3, 0.4) is 0 Å². The van der Waals surface area contributed by atoms with Crippen LogP contribution in [0.2, 0.25) is 0 Å². The van der Waals surface area contributed by atoms with Gasteiger partial charge < -0.3 is 9.84 Å². The van der Waals surface area contributed by atoms with Crippen molar-refractivity contribution in [2.45, 2.75) is 52.4 Å². The molecule has 0 aliphatic carbocycles. The largest absolute Gasteiger partial charge is 0.494 e. The van der Waals surface area contributed by atoms with Crippen molar-refractivity contribution < 1.29 is 14.6 Å². The summed E-state index contributed by atoms with van der Waals surface area (Å²) in [4.78, 5) is 15.4. The lowest BCUT2D eigenvalue weighted by Gasteiger charge is -2.08. The summed E-state index contributed by atoms with van der Waals surface area (Å²) in [6.07, 6.45) is 9.27. The molecule has 0 amide bonds. The highest BCUT2D eigenvalue weighted by atomic mass is 16.5. The second-order valence-electron chi connectivity index (χ2n) is 6.75. The number of carboxylic acids is 1. The molecule has 0 radical (unpaired) electrons. The maximum absolute atomic E-state index is 10.9. The lowest BCUT2D eigenvalue weighted by atomic mass is 10.1. The van der Waals surface area contributed by atoms with Crippen LogP contribution in [0, 0.1) is 6.92 Å². The summed E-state index contributed by atoms with van der Waals surface area (Å²) >= 11 is 0. The third kappa shape index (κ3) is 7.26. The minimum atomic E-state index is -0.925. The van der Waals surface area contributed by atoms with Crippen LogP contribution in [0.1, 0.15) is 66.9 Å². The SMILES string of the molecule is CCCCCCCCOc1ccc(N=Cc2ccc(C(=O)O)cc2)c(C)c1. The molecule has 4 nitrogen and oxygen atoms in total. The number of hydrogen-bond acceptors (Lipinski definition) is 3. The van der Waals surface area contributed by atoms with Crippen molar-refractivity contribution >= 4 is 17.9 Å². The summed E-state index contributed by atoms with van der Waals surface area (Å²) in [5.74, 6) is -0.0447. The fourth-order valence-electron chi connectivity index (χ4n) is 2.79. The molecule has 0 aromatic heterocycles. The van der Waals surface area contributed by atoms with Crippen LogP contribution in [0.5, 0.6) is 5.75 Å². The molecular weight excluding hydrogens is 338 g/mol. The van der Waals surface area contributed by atoms with Gasteiger partial charge in [-0.25, -0.2) is 4.79 Å². The van der Waals surface area contributed by atoms with Crippen molar-refractivity contribution in [2.75, 3.05) is 6.61 Å². The first-order chi connectivity index (χ1) is 13.1. The molecule has 0 aliphatic rings. The molecule has 4 heteroatoms. The van der Waals surface area contributed by atoms with E-state index in [1.54, 1.807) is 30.5 Å². The van der Waals surface area contributed by atoms with Gasteiger partial charge in [-0.3, -0.25) is 4.99 Å². The summed E-state index contributed by atoms with van der Waals surface area (Å²) in [7, 11) is 0. The molecule has 2 aromatic carbocycles. The van der Waals surface area contributed by atoms with E-state index in [2.05, 4.69) is 11.9 Å². The Balaban J connectivity index is 1.84. The van der Waals surface area contributed by atoms with Crippen LogP contribution >= 0.6 is 0 Å². The zero-order valence-corrected chi connectivity index (χ0v) is 16.3. The Kier molecular flexibility index (Phi) is 8.56. The molecule has 0 atom stereocenters. The maximum atomic E-state index is 10.9. The molecule has 1 N–H and O–H groups in total. The van der Waals surface area contributed by atoms with E-state index in [1.165, 1.54) is 32.1 Å². The average Bonchev–Trinajstić information content (AvgIpc) is 2.67. The molecule has 0 spiro atoms. The van der Waals surface area contributed by atoms with Crippen molar-refractivity contribution in [1.82, 2.24) is 0 Å². The van der Waals surface area contributed by atoms with Gasteiger partial charge in [0.05, 0.1) is 17.9 Å². The number of carbonyl (C=O) groups is 1. The lowest BCUT2D eigenvalue weighted by molar-refractivity contribution is 0.0697. The highest BCUT2D eigenvalue weighted by Gasteiger charge is 2.02. The average molecular weight is 367 g/mol. The van der Waals surface area contributed by atoms with Crippen molar-refractivity contribution in [2.24, 2.45) is 4.99 Å². The first kappa shape index (κ1) is 20.7. The summed E-state index contributed by atoms with van der Waals surface area (Å²) in [6.45, 7) is 5.00. The summed E-state index contributed by atoms with van der Waals surface area (Å²) in [5.41, 5.74) is 3.07. The minimum Gasteiger partial charge on any atom is -0.494 e. The second kappa shape index (κ2) is 11.2. The third-order valence-corrected chi connectivity index (χ3v) is 4.45. The Bertz CT molecular complexity index is 751. The van der Waals surface area contributed by atoms with E-state index in [1.807, 2.05) is 25.1 Å². The predicted octanol–water partition coefficient (Wildman–Crippen LogP) is 6.18. The van der Waals surface area contributed by atoms with Crippen molar-refractivity contribution in [1.29, 1.82) is 0 Å². The topological polar surface area (TPSA) is 58.9 Å². The van der Waals surface area contributed by atoms with E-state index in [4.69, 9.17) is 9.84 Å². The van der Waals surface area contributed by atoms with Gasteiger partial charge in [-0.05, 0) is 54.8 Å². The van der Waals surface area contributed by atoms with Gasteiger partial charge in [0.1, 0.15) is 5.75 Å². The van der Waals surface area contributed by atoms with Gasteiger partial charge in [-0.15, -0.1) is 0 Å². The molecule has 0 heterocycles. The molecule has 2 rings (SSSR count). The van der Waals surface area contributed by atoms with Crippen LogP contribution in [-0.4, -0.2) is 23.9 Å². The maximum Gasteiger partial charge on any atom is 0.335 e. The molecule has 144 valence electrons. The zero-order chi connectivity index (χ0) is 19.5. The highest BCUT2D eigenvalue weighted by molar-refractivity contribution is 5.89. The third-order valence-electron chi connectivity index (χ3n) is 4.45. The number of aromatic carboxylic acids is 1. The monoisotopic (exact) mass is 367 g/mol. The summed E-state index contributed by atoms with van der Waals surface area (Å²) in [6, 6.07) is 12.6. The molecule has 0 saturated heterocycles. The molecule has 0 fully saturated rings. The van der Waals surface area contributed by atoms with Gasteiger partial charge in [-0.2, -0.15) is 0 Å². The number of aryl methyl sites for hydroxylation is 1. The van der Waals surface area contributed by atoms with Crippen molar-refractivity contribution in [3.63, 3.8) is 0 Å². The van der Waals surface area contributed by atoms with Gasteiger partial charge >= 0.3 is 5.97 Å². The Hall–Kier alpha value is -2.62. The number of ether oxygens (including phenoxy) is 1. The van der Waals surface area contributed by atoms with Crippen LogP contribution < -0.4 is 4.74 Å². The van der Waals surface area contributed by atoms with Gasteiger partial charge in [0.25, 0.3) is 0 Å². The molecule has 0 aliphatic heterocycles. The molecule has 0 saturated carbocycles. The van der Waals surface area contributed by atoms with E-state index < -0.39 is 5.97 Å². The second-order valence-corrected chi connectivity index (χ2v) is 6.75. The number of nitrogens with zero attached hydrogens (tertiary/aromatic N) is 1. The number of benzene rings is 2. The number of rotatable bonds is 11. The predicted molar refractivity (Wildman–Crippen MR) is 111 cm³/mol. The fourth-order valence-corrected chi connectivity index (χ4v) is 2.79. The highest BCUT2D eigenvalue weighted by Crippen LogP contribution is 2.24. The number of carboxylic acid groups (broad SMARTS) is 1. The minimum absolute atomic E-state index is 0.273. The molecule has 27 heavy (non-hydrogen) atoms. The quantitative estimate of drug-likeness (QED) is 0.381. The number of unbranched alkanes of at least 4 members (excludes halogenated alkanes) is 5. The van der Waals surface area contributed by atoms with E-state index in [0.717, 1.165) is 35.6 Å². The zero-order valence-electron chi connectivity index (χ0n) is 16.3. The Morgan fingerprint density at radius 1 is 1.04 bits per heavy atom. The van der Waals surface area contributed by atoms with E-state index in [-0.39, 0.29) is 5.56 Å². The van der Waals surface area contributed by atoms with Crippen LogP contribution in [0.15, 0.2) is 47.5 Å². The molecule has 0 bridgehead atoms. The van der Waals surface area contributed by atoms with Crippen LogP contribution in [-0.2, 0) is 0 Å². The van der Waals surface area contributed by atoms with Gasteiger partial charge in [-0.1, -0.05) is 51.2 Å². The Labute approximate surface area is 161 Å². The molecule has 0 unspecified atom stereocenters. The standard InChI is InChI=1S/C23H29NO3/c1-3-4-5-6-7-8-15-27-21-13-14-22(18(2)16-21)24-17-19-9-11-20(12-10-19)23(25)26/h9-14,16-17H,3-8,15H2,1-2H3,(H,25,26). The Morgan fingerprint density at radius 2 is 1.74 bits per heavy atom. The van der Waals surface area contributed by atoms with Gasteiger partial charge in [0.15, 0.2) is 0 Å². The first-order valence-electron chi connectivity index (χ1n) is 9.71. The number of hydrogen-bond donors (Lipinski definition) is 1. The fraction of sp³-hybridized carbons (Fsp3) is 0.391. The van der Waals surface area contributed by atoms with E-state index >= 15 is 0 Å². The van der Waals surface area contributed by atoms with Crippen molar-refractivity contribution in [3.05, 3.63) is 59.2 Å². The molecule has 2 aromatic rings. The summed E-state index contributed by atoms with van der Waals surface area (Å²) < 4.78 is 5.84. The normalized spacial score (nSPS) is 11.0. The number of aliphatic imine (C=N–C) groups is 1. The van der Waals surface area contributed by atoms with E-state index in [0.29, 0.717) is 0 Å². The first-order valence-corrected chi connectivity index (χ1v) is 9.71. The van der Waals surface area contributed by atoms with Crippen molar-refractivity contribution in [3.8, 4) is 5.75 Å². The van der Waals surface area contributed by atoms with E-state index in [9.17, 15) is 4.79 Å². The molecular formula is C23H29NO3.